The molecular weight excluding hydrogens is 288 g/mol. The fourth-order valence-corrected chi connectivity index (χ4v) is 2.72. The van der Waals surface area contributed by atoms with E-state index in [2.05, 4.69) is 4.98 Å². The van der Waals surface area contributed by atoms with Crippen LogP contribution in [0.4, 0.5) is 0 Å². The van der Waals surface area contributed by atoms with E-state index in [1.165, 1.54) is 0 Å². The summed E-state index contributed by atoms with van der Waals surface area (Å²) in [5.74, 6) is -0.451. The van der Waals surface area contributed by atoms with Crippen LogP contribution in [0.2, 0.25) is 0 Å². The minimum absolute atomic E-state index is 0.0136. The maximum atomic E-state index is 12.0. The Labute approximate surface area is 127 Å². The van der Waals surface area contributed by atoms with Crippen molar-refractivity contribution in [3.05, 3.63) is 35.7 Å². The first-order valence-electron chi connectivity index (χ1n) is 7.15. The highest BCUT2D eigenvalue weighted by Crippen LogP contribution is 2.28. The van der Waals surface area contributed by atoms with Gasteiger partial charge in [0.05, 0.1) is 6.61 Å². The largest absolute Gasteiger partial charge is 0.456 e. The van der Waals surface area contributed by atoms with Crippen LogP contribution in [0.3, 0.4) is 0 Å². The smallest absolute Gasteiger partial charge is 0.355 e. The molecule has 118 valence electrons. The van der Waals surface area contributed by atoms with Gasteiger partial charge in [-0.3, -0.25) is 9.69 Å². The lowest BCUT2D eigenvalue weighted by Gasteiger charge is -2.30. The van der Waals surface area contributed by atoms with Gasteiger partial charge in [0, 0.05) is 31.7 Å². The molecule has 2 aliphatic heterocycles. The number of carbonyl (C=O) groups is 2. The molecule has 2 atom stereocenters. The van der Waals surface area contributed by atoms with E-state index in [0.717, 1.165) is 5.57 Å². The van der Waals surface area contributed by atoms with Gasteiger partial charge in [0.15, 0.2) is 6.23 Å². The van der Waals surface area contributed by atoms with Crippen molar-refractivity contribution >= 4 is 11.9 Å². The first kappa shape index (κ1) is 14.8. The Kier molecular flexibility index (Phi) is 4.26. The molecule has 0 saturated carbocycles. The maximum Gasteiger partial charge on any atom is 0.355 e. The Morgan fingerprint density at radius 1 is 1.55 bits per heavy atom. The number of H-pyrrole nitrogens is 1. The molecule has 3 rings (SSSR count). The fraction of sp³-hybridized carbons (Fsp3) is 0.467. The molecule has 22 heavy (non-hydrogen) atoms. The summed E-state index contributed by atoms with van der Waals surface area (Å²) < 4.78 is 16.2. The lowest BCUT2D eigenvalue weighted by molar-refractivity contribution is -0.151. The predicted molar refractivity (Wildman–Crippen MR) is 75.8 cm³/mol. The third-order valence-corrected chi connectivity index (χ3v) is 3.83. The van der Waals surface area contributed by atoms with E-state index in [4.69, 9.17) is 14.2 Å². The molecule has 0 aliphatic carbocycles. The van der Waals surface area contributed by atoms with E-state index in [1.807, 2.05) is 6.08 Å². The van der Waals surface area contributed by atoms with Gasteiger partial charge in [0.25, 0.3) is 0 Å². The molecule has 1 saturated heterocycles. The fourth-order valence-electron chi connectivity index (χ4n) is 2.72. The number of nitrogens with one attached hydrogen (secondary N) is 1. The Balaban J connectivity index is 1.63. The van der Waals surface area contributed by atoms with E-state index in [0.29, 0.717) is 25.1 Å². The molecule has 0 bridgehead atoms. The zero-order valence-corrected chi connectivity index (χ0v) is 12.3. The SMILES string of the molecule is COC1CCC(=O)N1[C@@H]1OCC=C1COC(=O)c1ccc[nH]1. The number of hydrogen-bond acceptors (Lipinski definition) is 5. The van der Waals surface area contributed by atoms with Gasteiger partial charge in [-0.1, -0.05) is 6.08 Å². The maximum absolute atomic E-state index is 12.0. The number of nitrogens with zero attached hydrogens (tertiary/aromatic N) is 1. The molecule has 1 fully saturated rings. The second-order valence-corrected chi connectivity index (χ2v) is 5.15. The zero-order chi connectivity index (χ0) is 15.5. The third kappa shape index (κ3) is 2.77. The van der Waals surface area contributed by atoms with Gasteiger partial charge in [0.1, 0.15) is 18.5 Å². The topological polar surface area (TPSA) is 80.9 Å². The van der Waals surface area contributed by atoms with Crippen molar-refractivity contribution in [2.75, 3.05) is 20.3 Å². The van der Waals surface area contributed by atoms with Crippen LogP contribution < -0.4 is 0 Å². The Bertz CT molecular complexity index is 581. The minimum Gasteiger partial charge on any atom is -0.456 e. The van der Waals surface area contributed by atoms with Crippen molar-refractivity contribution < 1.29 is 23.8 Å². The first-order valence-corrected chi connectivity index (χ1v) is 7.15. The van der Waals surface area contributed by atoms with Crippen LogP contribution in [0.25, 0.3) is 0 Å². The van der Waals surface area contributed by atoms with Gasteiger partial charge in [-0.25, -0.2) is 4.79 Å². The number of ether oxygens (including phenoxy) is 3. The van der Waals surface area contributed by atoms with Crippen LogP contribution in [0.15, 0.2) is 30.0 Å². The normalized spacial score (nSPS) is 24.7. The van der Waals surface area contributed by atoms with Crippen LogP contribution in [0.5, 0.6) is 0 Å². The first-order chi connectivity index (χ1) is 10.7. The zero-order valence-electron chi connectivity index (χ0n) is 12.3. The molecule has 1 aromatic heterocycles. The van der Waals surface area contributed by atoms with Crippen molar-refractivity contribution in [1.82, 2.24) is 9.88 Å². The molecule has 7 nitrogen and oxygen atoms in total. The Hall–Kier alpha value is -2.12. The average Bonchev–Trinajstić information content (AvgIpc) is 3.25. The Morgan fingerprint density at radius 2 is 2.41 bits per heavy atom. The standard InChI is InChI=1S/C15H18N2O5/c1-20-13-5-4-12(18)17(13)14-10(6-8-21-14)9-22-15(19)11-3-2-7-16-11/h2-3,6-7,13-14,16H,4-5,8-9H2,1H3/t13?,14-/m1/s1. The quantitative estimate of drug-likeness (QED) is 0.649. The minimum atomic E-state index is -0.517. The van der Waals surface area contributed by atoms with Gasteiger partial charge >= 0.3 is 5.97 Å². The molecule has 0 spiro atoms. The second kappa shape index (κ2) is 6.33. The average molecular weight is 306 g/mol. The summed E-state index contributed by atoms with van der Waals surface area (Å²) in [5.41, 5.74) is 1.15. The summed E-state index contributed by atoms with van der Waals surface area (Å²) in [5, 5.41) is 0. The number of carbonyl (C=O) groups excluding carboxylic acids is 2. The van der Waals surface area contributed by atoms with Gasteiger partial charge < -0.3 is 19.2 Å². The number of aromatic nitrogens is 1. The van der Waals surface area contributed by atoms with E-state index < -0.39 is 12.2 Å². The number of likely N-dealkylation sites (tertiary alicyclic amines) is 1. The predicted octanol–water partition coefficient (Wildman–Crippen LogP) is 1.05. The summed E-state index contributed by atoms with van der Waals surface area (Å²) in [7, 11) is 1.57. The molecule has 1 aromatic rings. The van der Waals surface area contributed by atoms with Crippen molar-refractivity contribution in [1.29, 1.82) is 0 Å². The van der Waals surface area contributed by atoms with Gasteiger partial charge in [0.2, 0.25) is 5.91 Å². The van der Waals surface area contributed by atoms with Gasteiger partial charge in [-0.05, 0) is 12.1 Å². The summed E-state index contributed by atoms with van der Waals surface area (Å²) in [6.45, 7) is 0.475. The molecule has 7 heteroatoms. The van der Waals surface area contributed by atoms with Crippen LogP contribution in [-0.4, -0.2) is 54.5 Å². The van der Waals surface area contributed by atoms with E-state index >= 15 is 0 Å². The number of hydrogen-bond donors (Lipinski definition) is 1. The number of methoxy groups -OCH3 is 1. The van der Waals surface area contributed by atoms with E-state index in [1.54, 1.807) is 30.3 Å². The van der Waals surface area contributed by atoms with Crippen LogP contribution >= 0.6 is 0 Å². The van der Waals surface area contributed by atoms with Crippen molar-refractivity contribution in [3.63, 3.8) is 0 Å². The number of amides is 1. The lowest BCUT2D eigenvalue weighted by atomic mass is 10.2. The number of rotatable bonds is 5. The molecule has 3 heterocycles. The number of esters is 1. The van der Waals surface area contributed by atoms with E-state index in [-0.39, 0.29) is 18.7 Å². The second-order valence-electron chi connectivity index (χ2n) is 5.15. The highest BCUT2D eigenvalue weighted by atomic mass is 16.5. The van der Waals surface area contributed by atoms with Gasteiger partial charge in [-0.15, -0.1) is 0 Å². The van der Waals surface area contributed by atoms with Crippen molar-refractivity contribution in [2.24, 2.45) is 0 Å². The molecule has 1 unspecified atom stereocenters. The summed E-state index contributed by atoms with van der Waals surface area (Å²) in [4.78, 5) is 28.3. The Morgan fingerprint density at radius 3 is 3.14 bits per heavy atom. The van der Waals surface area contributed by atoms with Gasteiger partial charge in [-0.2, -0.15) is 0 Å². The molecular formula is C15H18N2O5. The highest BCUT2D eigenvalue weighted by Gasteiger charge is 2.40. The third-order valence-electron chi connectivity index (χ3n) is 3.83. The van der Waals surface area contributed by atoms with Crippen molar-refractivity contribution in [2.45, 2.75) is 25.3 Å². The number of aromatic amines is 1. The molecule has 1 N–H and O–H groups in total. The molecule has 0 aromatic carbocycles. The van der Waals surface area contributed by atoms with Crippen molar-refractivity contribution in [3.8, 4) is 0 Å². The monoisotopic (exact) mass is 306 g/mol. The summed E-state index contributed by atoms with van der Waals surface area (Å²) >= 11 is 0. The summed E-state index contributed by atoms with van der Waals surface area (Å²) in [6.07, 6.45) is 3.77. The summed E-state index contributed by atoms with van der Waals surface area (Å²) in [6, 6.07) is 3.37. The van der Waals surface area contributed by atoms with Crippen LogP contribution in [-0.2, 0) is 19.0 Å². The van der Waals surface area contributed by atoms with Crippen LogP contribution in [0, 0.1) is 0 Å². The molecule has 2 aliphatic rings. The van der Waals surface area contributed by atoms with Crippen LogP contribution in [0.1, 0.15) is 23.3 Å². The highest BCUT2D eigenvalue weighted by molar-refractivity contribution is 5.87. The van der Waals surface area contributed by atoms with E-state index in [9.17, 15) is 9.59 Å². The molecule has 0 radical (unpaired) electrons. The molecule has 1 amide bonds. The lowest BCUT2D eigenvalue weighted by Crippen LogP contribution is -2.44.